The lowest BCUT2D eigenvalue weighted by Gasteiger charge is -2.25. The lowest BCUT2D eigenvalue weighted by molar-refractivity contribution is -0.137. The molecule has 0 aliphatic rings. The molecule has 0 atom stereocenters. The summed E-state index contributed by atoms with van der Waals surface area (Å²) in [6.45, 7) is -2.19. The lowest BCUT2D eigenvalue weighted by atomic mass is 10.1. The number of aromatic nitrogens is 2. The van der Waals surface area contributed by atoms with Crippen molar-refractivity contribution in [1.82, 2.24) is 10.2 Å². The zero-order valence-electron chi connectivity index (χ0n) is 14.3. The van der Waals surface area contributed by atoms with Gasteiger partial charge in [-0.3, -0.25) is 0 Å². The molecule has 0 saturated heterocycles. The molecule has 0 saturated carbocycles. The highest BCUT2D eigenvalue weighted by molar-refractivity contribution is 5.55. The first kappa shape index (κ1) is 20.2. The number of hydrogen-bond donors (Lipinski definition) is 0. The van der Waals surface area contributed by atoms with E-state index in [1.165, 1.54) is 24.5 Å². The molecule has 0 bridgehead atoms. The highest BCUT2D eigenvalue weighted by Gasteiger charge is 2.36. The Kier molecular flexibility index (Phi) is 5.23. The zero-order valence-corrected chi connectivity index (χ0v) is 14.3. The number of nitrogens with zero attached hydrogens (tertiary/aromatic N) is 4. The van der Waals surface area contributed by atoms with E-state index in [1.54, 1.807) is 0 Å². The summed E-state index contributed by atoms with van der Waals surface area (Å²) in [6, 6.07) is 6.67. The van der Waals surface area contributed by atoms with Crippen molar-refractivity contribution < 1.29 is 35.2 Å². The first-order valence-corrected chi connectivity index (χ1v) is 7.86. The largest absolute Gasteiger partial charge is 0.459 e. The molecule has 2 aromatic heterocycles. The van der Waals surface area contributed by atoms with Crippen LogP contribution in [-0.4, -0.2) is 22.9 Å². The van der Waals surface area contributed by atoms with Crippen molar-refractivity contribution in [1.29, 1.82) is 5.26 Å². The number of furan rings is 1. The summed E-state index contributed by atoms with van der Waals surface area (Å²) >= 11 is 0. The molecule has 0 fully saturated rings. The molecule has 0 aliphatic carbocycles. The van der Waals surface area contributed by atoms with Crippen molar-refractivity contribution in [3.63, 3.8) is 0 Å². The monoisotopic (exact) mass is 416 g/mol. The van der Waals surface area contributed by atoms with E-state index in [0.717, 1.165) is 12.1 Å². The third kappa shape index (κ3) is 4.87. The predicted octanol–water partition coefficient (Wildman–Crippen LogP) is 4.79. The Morgan fingerprint density at radius 1 is 1.07 bits per heavy atom. The third-order valence-corrected chi connectivity index (χ3v) is 3.69. The van der Waals surface area contributed by atoms with E-state index in [9.17, 15) is 26.3 Å². The van der Waals surface area contributed by atoms with Crippen LogP contribution in [0.5, 0.6) is 0 Å². The van der Waals surface area contributed by atoms with Crippen LogP contribution in [0.15, 0.2) is 45.4 Å². The number of halogens is 6. The maximum absolute atomic E-state index is 13.2. The first-order valence-electron chi connectivity index (χ1n) is 7.86. The summed E-state index contributed by atoms with van der Waals surface area (Å²) in [5.41, 5.74) is -2.45. The Labute approximate surface area is 159 Å². The fourth-order valence-corrected chi connectivity index (χ4v) is 2.50. The normalized spacial score (nSPS) is 12.0. The van der Waals surface area contributed by atoms with Gasteiger partial charge >= 0.3 is 12.4 Å². The Hall–Kier alpha value is -3.49. The van der Waals surface area contributed by atoms with Crippen molar-refractivity contribution in [2.45, 2.75) is 18.9 Å². The van der Waals surface area contributed by atoms with Gasteiger partial charge in [0.15, 0.2) is 5.76 Å². The van der Waals surface area contributed by atoms with E-state index in [0.29, 0.717) is 11.0 Å². The molecule has 2 heterocycles. The van der Waals surface area contributed by atoms with Crippen LogP contribution in [0.4, 0.5) is 32.0 Å². The second-order valence-corrected chi connectivity index (χ2v) is 5.79. The highest BCUT2D eigenvalue weighted by Crippen LogP contribution is 2.35. The molecule has 3 rings (SSSR count). The van der Waals surface area contributed by atoms with Crippen LogP contribution in [0.2, 0.25) is 0 Å². The van der Waals surface area contributed by atoms with Crippen LogP contribution in [0.3, 0.4) is 0 Å². The van der Waals surface area contributed by atoms with Gasteiger partial charge in [0, 0.05) is 5.69 Å². The summed E-state index contributed by atoms with van der Waals surface area (Å²) in [6.07, 6.45) is -8.32. The van der Waals surface area contributed by atoms with E-state index in [1.807, 2.05) is 0 Å². The molecule has 3 aromatic rings. The summed E-state index contributed by atoms with van der Waals surface area (Å²) in [5.74, 6) is -0.171. The molecule has 0 radical (unpaired) electrons. The Balaban J connectivity index is 1.95. The summed E-state index contributed by atoms with van der Waals surface area (Å²) in [5, 5.41) is 16.1. The van der Waals surface area contributed by atoms with Gasteiger partial charge in [-0.25, -0.2) is 0 Å². The second kappa shape index (κ2) is 7.50. The minimum atomic E-state index is -4.91. The fourth-order valence-electron chi connectivity index (χ4n) is 2.50. The number of nitriles is 1. The maximum Gasteiger partial charge on any atom is 0.417 e. The summed E-state index contributed by atoms with van der Waals surface area (Å²) < 4.78 is 88.8. The average molecular weight is 416 g/mol. The molecule has 29 heavy (non-hydrogen) atoms. The predicted molar refractivity (Wildman–Crippen MR) is 85.3 cm³/mol. The van der Waals surface area contributed by atoms with Crippen molar-refractivity contribution >= 4 is 5.69 Å². The number of anilines is 1. The van der Waals surface area contributed by atoms with Crippen molar-refractivity contribution in [2.75, 3.05) is 11.4 Å². The Morgan fingerprint density at radius 3 is 2.41 bits per heavy atom. The molecule has 1 aromatic carbocycles. The van der Waals surface area contributed by atoms with Gasteiger partial charge in [0.2, 0.25) is 5.89 Å². The SMILES string of the molecule is N#Cc1ccc(N(Cc2nnc(-c3ccco3)o2)CC(F)(F)F)cc1C(F)(F)F. The van der Waals surface area contributed by atoms with Crippen LogP contribution in [-0.2, 0) is 12.7 Å². The smallest absolute Gasteiger partial charge is 0.417 e. The van der Waals surface area contributed by atoms with Crippen LogP contribution >= 0.6 is 0 Å². The van der Waals surface area contributed by atoms with Crippen molar-refractivity contribution in [3.8, 4) is 17.7 Å². The molecule has 0 spiro atoms. The number of rotatable bonds is 5. The molecule has 6 nitrogen and oxygen atoms in total. The topological polar surface area (TPSA) is 79.1 Å². The van der Waals surface area contributed by atoms with Gasteiger partial charge in [-0.05, 0) is 30.3 Å². The van der Waals surface area contributed by atoms with Crippen LogP contribution in [0.1, 0.15) is 17.0 Å². The summed E-state index contributed by atoms with van der Waals surface area (Å²) in [4.78, 5) is 0.593. The highest BCUT2D eigenvalue weighted by atomic mass is 19.4. The average Bonchev–Trinajstić information content (AvgIpc) is 3.30. The molecule has 0 amide bonds. The Morgan fingerprint density at radius 2 is 1.83 bits per heavy atom. The molecule has 0 N–H and O–H groups in total. The minimum Gasteiger partial charge on any atom is -0.459 e. The quantitative estimate of drug-likeness (QED) is 0.557. The van der Waals surface area contributed by atoms with Crippen molar-refractivity contribution in [2.24, 2.45) is 0 Å². The standard InChI is InChI=1S/C17H10F6N4O2/c18-16(19,20)9-27(8-14-25-26-15(29-14)13-2-1-5-28-13)11-4-3-10(7-24)12(6-11)17(21,22)23/h1-6H,8-9H2. The van der Waals surface area contributed by atoms with Gasteiger partial charge in [-0.1, -0.05) is 0 Å². The van der Waals surface area contributed by atoms with Gasteiger partial charge < -0.3 is 13.7 Å². The van der Waals surface area contributed by atoms with Crippen LogP contribution < -0.4 is 4.90 Å². The molecule has 12 heteroatoms. The van der Waals surface area contributed by atoms with Crippen LogP contribution in [0, 0.1) is 11.3 Å². The molecule has 0 aliphatic heterocycles. The Bertz CT molecular complexity index is 1020. The van der Waals surface area contributed by atoms with E-state index in [-0.39, 0.29) is 17.5 Å². The van der Waals surface area contributed by atoms with Gasteiger partial charge in [-0.15, -0.1) is 10.2 Å². The zero-order chi connectivity index (χ0) is 21.2. The number of alkyl halides is 6. The summed E-state index contributed by atoms with van der Waals surface area (Å²) in [7, 11) is 0. The van der Waals surface area contributed by atoms with Gasteiger partial charge in [-0.2, -0.15) is 31.6 Å². The van der Waals surface area contributed by atoms with Crippen molar-refractivity contribution in [3.05, 3.63) is 53.6 Å². The second-order valence-electron chi connectivity index (χ2n) is 5.79. The number of benzene rings is 1. The van der Waals surface area contributed by atoms with Gasteiger partial charge in [0.05, 0.1) is 30.0 Å². The van der Waals surface area contributed by atoms with Gasteiger partial charge in [0.25, 0.3) is 5.89 Å². The minimum absolute atomic E-state index is 0.0900. The molecular weight excluding hydrogens is 406 g/mol. The molecule has 152 valence electrons. The van der Waals surface area contributed by atoms with E-state index in [2.05, 4.69) is 10.2 Å². The molecular formula is C17H10F6N4O2. The fraction of sp³-hybridized carbons (Fsp3) is 0.235. The van der Waals surface area contributed by atoms with Crippen LogP contribution in [0.25, 0.3) is 11.7 Å². The number of hydrogen-bond acceptors (Lipinski definition) is 6. The third-order valence-electron chi connectivity index (χ3n) is 3.69. The first-order chi connectivity index (χ1) is 13.6. The van der Waals surface area contributed by atoms with Gasteiger partial charge in [0.1, 0.15) is 6.54 Å². The molecule has 0 unspecified atom stereocenters. The van der Waals surface area contributed by atoms with E-state index < -0.39 is 42.3 Å². The maximum atomic E-state index is 13.2. The lowest BCUT2D eigenvalue weighted by Crippen LogP contribution is -2.34. The van der Waals surface area contributed by atoms with E-state index >= 15 is 0 Å². The van der Waals surface area contributed by atoms with E-state index in [4.69, 9.17) is 14.1 Å².